The lowest BCUT2D eigenvalue weighted by Gasteiger charge is -2.47. The predicted octanol–water partition coefficient (Wildman–Crippen LogP) is 3.99. The molecule has 8 heteroatoms. The largest absolute Gasteiger partial charge is 0.494 e. The van der Waals surface area contributed by atoms with E-state index in [9.17, 15) is 4.79 Å². The molecule has 3 aliphatic heterocycles. The molecule has 5 rings (SSSR count). The van der Waals surface area contributed by atoms with Gasteiger partial charge < -0.3 is 28.9 Å². The van der Waals surface area contributed by atoms with E-state index < -0.39 is 0 Å². The van der Waals surface area contributed by atoms with Gasteiger partial charge in [0.15, 0.2) is 0 Å². The summed E-state index contributed by atoms with van der Waals surface area (Å²) in [5, 5.41) is 0. The van der Waals surface area contributed by atoms with Crippen LogP contribution in [0.25, 0.3) is 0 Å². The van der Waals surface area contributed by atoms with Gasteiger partial charge in [-0.05, 0) is 74.9 Å². The van der Waals surface area contributed by atoms with Crippen LogP contribution in [0, 0.1) is 5.92 Å². The number of pyridine rings is 1. The summed E-state index contributed by atoms with van der Waals surface area (Å²) >= 11 is 0. The molecule has 0 bridgehead atoms. The van der Waals surface area contributed by atoms with E-state index in [4.69, 9.17) is 14.2 Å². The van der Waals surface area contributed by atoms with Gasteiger partial charge in [-0.25, -0.2) is 4.98 Å². The molecule has 1 spiro atoms. The Kier molecular flexibility index (Phi) is 8.15. The number of piperidine rings is 2. The molecule has 1 aromatic heterocycles. The molecule has 3 aliphatic rings. The molecule has 1 amide bonds. The van der Waals surface area contributed by atoms with Crippen molar-refractivity contribution < 1.29 is 19.0 Å². The van der Waals surface area contributed by atoms with Crippen LogP contribution < -0.4 is 19.3 Å². The van der Waals surface area contributed by atoms with Crippen LogP contribution in [0.2, 0.25) is 0 Å². The zero-order chi connectivity index (χ0) is 25.7. The monoisotopic (exact) mass is 508 g/mol. The highest BCUT2D eigenvalue weighted by Crippen LogP contribution is 2.35. The first-order valence-electron chi connectivity index (χ1n) is 13.7. The normalized spacial score (nSPS) is 22.3. The lowest BCUT2D eigenvalue weighted by Crippen LogP contribution is -2.59. The zero-order valence-electron chi connectivity index (χ0n) is 22.2. The van der Waals surface area contributed by atoms with Gasteiger partial charge in [0.2, 0.25) is 5.88 Å². The number of hydrogen-bond donors (Lipinski definition) is 0. The lowest BCUT2D eigenvalue weighted by atomic mass is 9.88. The highest BCUT2D eigenvalue weighted by atomic mass is 16.5. The fourth-order valence-electron chi connectivity index (χ4n) is 5.82. The van der Waals surface area contributed by atoms with E-state index >= 15 is 0 Å². The second kappa shape index (κ2) is 11.7. The first-order valence-corrected chi connectivity index (χ1v) is 13.7. The number of ether oxygens (including phenoxy) is 3. The van der Waals surface area contributed by atoms with Crippen molar-refractivity contribution in [1.82, 2.24) is 9.88 Å². The second-order valence-electron chi connectivity index (χ2n) is 10.7. The average Bonchev–Trinajstić information content (AvgIpc) is 2.93. The summed E-state index contributed by atoms with van der Waals surface area (Å²) in [6.07, 6.45) is 7.16. The molecular formula is C29H40N4O4. The molecule has 1 aromatic carbocycles. The minimum Gasteiger partial charge on any atom is -0.494 e. The number of carbonyl (C=O) groups is 1. The summed E-state index contributed by atoms with van der Waals surface area (Å²) in [5.74, 6) is 2.23. The summed E-state index contributed by atoms with van der Waals surface area (Å²) in [7, 11) is 1.58. The van der Waals surface area contributed by atoms with Crippen LogP contribution in [0.1, 0.15) is 39.0 Å². The van der Waals surface area contributed by atoms with Gasteiger partial charge in [0.25, 0.3) is 5.91 Å². The molecular weight excluding hydrogens is 468 g/mol. The molecule has 4 heterocycles. The third kappa shape index (κ3) is 6.36. The number of likely N-dealkylation sites (tertiary alicyclic amines) is 1. The molecule has 3 saturated heterocycles. The first-order chi connectivity index (χ1) is 18.0. The average molecular weight is 509 g/mol. The zero-order valence-corrected chi connectivity index (χ0v) is 22.2. The summed E-state index contributed by atoms with van der Waals surface area (Å²) in [6.45, 7) is 9.11. The van der Waals surface area contributed by atoms with E-state index in [1.807, 2.05) is 17.0 Å². The van der Waals surface area contributed by atoms with Crippen molar-refractivity contribution in [3.05, 3.63) is 42.6 Å². The molecule has 3 fully saturated rings. The van der Waals surface area contributed by atoms with Gasteiger partial charge in [0.05, 0.1) is 31.5 Å². The Labute approximate surface area is 220 Å². The smallest absolute Gasteiger partial charge is 0.253 e. The highest BCUT2D eigenvalue weighted by molar-refractivity contribution is 5.95. The number of amides is 1. The molecule has 37 heavy (non-hydrogen) atoms. The number of hydrogen-bond acceptors (Lipinski definition) is 7. The Hall–Kier alpha value is -2.84. The van der Waals surface area contributed by atoms with E-state index in [-0.39, 0.29) is 18.1 Å². The molecule has 8 nitrogen and oxygen atoms in total. The number of rotatable bonds is 8. The molecule has 0 N–H and O–H groups in total. The van der Waals surface area contributed by atoms with Gasteiger partial charge in [-0.15, -0.1) is 0 Å². The van der Waals surface area contributed by atoms with E-state index in [1.54, 1.807) is 13.3 Å². The maximum Gasteiger partial charge on any atom is 0.253 e. The van der Waals surface area contributed by atoms with E-state index in [1.165, 1.54) is 31.6 Å². The van der Waals surface area contributed by atoms with E-state index in [2.05, 4.69) is 46.0 Å². The molecule has 2 aromatic rings. The Balaban J connectivity index is 1.10. The number of anilines is 2. The van der Waals surface area contributed by atoms with Crippen LogP contribution in [-0.4, -0.2) is 81.0 Å². The Bertz CT molecular complexity index is 1040. The van der Waals surface area contributed by atoms with Crippen molar-refractivity contribution in [2.75, 3.05) is 69.4 Å². The minimum absolute atomic E-state index is 0.0256. The molecule has 0 aliphatic carbocycles. The van der Waals surface area contributed by atoms with Gasteiger partial charge in [-0.3, -0.25) is 4.79 Å². The number of benzene rings is 1. The number of aromatic nitrogens is 1. The van der Waals surface area contributed by atoms with Gasteiger partial charge >= 0.3 is 0 Å². The predicted molar refractivity (Wildman–Crippen MR) is 145 cm³/mol. The Morgan fingerprint density at radius 3 is 2.68 bits per heavy atom. The number of carbonyl (C=O) groups excluding carboxylic acids is 1. The number of methoxy groups -OCH3 is 1. The van der Waals surface area contributed by atoms with Gasteiger partial charge in [-0.2, -0.15) is 0 Å². The SMILES string of the molecule is COc1cc(N2CC3(CCN(c4ccc(OCCCN5CCC[C@H](C)C5)cc4)CC3)OCC2=O)ccn1. The summed E-state index contributed by atoms with van der Waals surface area (Å²) in [6, 6.07) is 12.1. The van der Waals surface area contributed by atoms with E-state index in [0.29, 0.717) is 12.4 Å². The molecule has 200 valence electrons. The summed E-state index contributed by atoms with van der Waals surface area (Å²) < 4.78 is 17.4. The molecule has 0 radical (unpaired) electrons. The molecule has 0 saturated carbocycles. The van der Waals surface area contributed by atoms with E-state index in [0.717, 1.165) is 62.9 Å². The van der Waals surface area contributed by atoms with Crippen LogP contribution in [-0.2, 0) is 9.53 Å². The fourth-order valence-corrected chi connectivity index (χ4v) is 5.82. The van der Waals surface area contributed by atoms with Crippen LogP contribution in [0.4, 0.5) is 11.4 Å². The fraction of sp³-hybridized carbons (Fsp3) is 0.586. The van der Waals surface area contributed by atoms with Gasteiger partial charge in [0.1, 0.15) is 12.4 Å². The van der Waals surface area contributed by atoms with Crippen molar-refractivity contribution in [3.8, 4) is 11.6 Å². The van der Waals surface area contributed by atoms with Crippen LogP contribution in [0.3, 0.4) is 0 Å². The van der Waals surface area contributed by atoms with Gasteiger partial charge in [0, 0.05) is 44.1 Å². The summed E-state index contributed by atoms with van der Waals surface area (Å²) in [4.78, 5) is 23.6. The number of nitrogens with zero attached hydrogens (tertiary/aromatic N) is 4. The van der Waals surface area contributed by atoms with Gasteiger partial charge in [-0.1, -0.05) is 6.92 Å². The maximum atomic E-state index is 12.6. The van der Waals surface area contributed by atoms with Crippen molar-refractivity contribution in [2.24, 2.45) is 5.92 Å². The Morgan fingerprint density at radius 2 is 1.92 bits per heavy atom. The number of morpholine rings is 1. The highest BCUT2D eigenvalue weighted by Gasteiger charge is 2.43. The van der Waals surface area contributed by atoms with Crippen molar-refractivity contribution >= 4 is 17.3 Å². The lowest BCUT2D eigenvalue weighted by molar-refractivity contribution is -0.141. The van der Waals surface area contributed by atoms with Crippen molar-refractivity contribution in [1.29, 1.82) is 0 Å². The van der Waals surface area contributed by atoms with Crippen LogP contribution in [0.15, 0.2) is 42.6 Å². The topological polar surface area (TPSA) is 67.4 Å². The third-order valence-corrected chi connectivity index (χ3v) is 7.99. The standard InChI is InChI=1S/C29H40N4O4/c1-23-5-3-14-31(20-23)15-4-18-36-26-8-6-24(7-9-26)32-16-11-29(12-17-32)22-33(28(34)21-37-29)25-10-13-30-27(19-25)35-2/h6-10,13,19,23H,3-5,11-12,14-18,20-22H2,1-2H3/t23-/m0/s1. The van der Waals surface area contributed by atoms with Crippen molar-refractivity contribution in [3.63, 3.8) is 0 Å². The molecule has 1 atom stereocenters. The second-order valence-corrected chi connectivity index (χ2v) is 10.7. The molecule has 0 unspecified atom stereocenters. The van der Waals surface area contributed by atoms with Crippen LogP contribution in [0.5, 0.6) is 11.6 Å². The summed E-state index contributed by atoms with van der Waals surface area (Å²) in [5.41, 5.74) is 1.69. The van der Waals surface area contributed by atoms with Crippen LogP contribution >= 0.6 is 0 Å². The Morgan fingerprint density at radius 1 is 1.11 bits per heavy atom. The minimum atomic E-state index is -0.323. The van der Waals surface area contributed by atoms with Crippen molar-refractivity contribution in [2.45, 2.75) is 44.6 Å². The quantitative estimate of drug-likeness (QED) is 0.500. The maximum absolute atomic E-state index is 12.6. The first kappa shape index (κ1) is 25.8. The third-order valence-electron chi connectivity index (χ3n) is 7.99.